The van der Waals surface area contributed by atoms with E-state index in [1.807, 2.05) is 0 Å². The molecule has 0 radical (unpaired) electrons. The Morgan fingerprint density at radius 2 is 2.36 bits per heavy atom. The van der Waals surface area contributed by atoms with Crippen LogP contribution in [0.25, 0.3) is 10.4 Å². The number of azide groups is 1. The van der Waals surface area contributed by atoms with Crippen molar-refractivity contribution in [2.75, 3.05) is 0 Å². The molecule has 0 aliphatic rings. The second-order valence-electron chi connectivity index (χ2n) is 1.93. The van der Waals surface area contributed by atoms with E-state index >= 15 is 0 Å². The molecule has 1 heterocycles. The van der Waals surface area contributed by atoms with Crippen molar-refractivity contribution in [1.82, 2.24) is 4.98 Å². The Morgan fingerprint density at radius 1 is 1.64 bits per heavy atom. The summed E-state index contributed by atoms with van der Waals surface area (Å²) in [5.41, 5.74) is 9.26. The van der Waals surface area contributed by atoms with E-state index in [1.54, 1.807) is 19.1 Å². The maximum Gasteiger partial charge on any atom is 0.129 e. The number of halogens is 1. The molecule has 11 heavy (non-hydrogen) atoms. The molecule has 0 N–H and O–H groups in total. The van der Waals surface area contributed by atoms with Gasteiger partial charge in [-0.05, 0) is 24.6 Å². The van der Waals surface area contributed by atoms with Gasteiger partial charge in [0.1, 0.15) is 5.15 Å². The van der Waals surface area contributed by atoms with E-state index in [0.29, 0.717) is 16.5 Å². The molecule has 4 nitrogen and oxygen atoms in total. The van der Waals surface area contributed by atoms with Crippen LogP contribution in [0.4, 0.5) is 5.69 Å². The minimum Gasteiger partial charge on any atom is -0.241 e. The van der Waals surface area contributed by atoms with Crippen molar-refractivity contribution in [2.45, 2.75) is 6.92 Å². The third-order valence-corrected chi connectivity index (χ3v) is 1.39. The summed E-state index contributed by atoms with van der Waals surface area (Å²) in [5.74, 6) is 0. The number of rotatable bonds is 1. The molecule has 1 rings (SSSR count). The highest BCUT2D eigenvalue weighted by atomic mass is 35.5. The zero-order chi connectivity index (χ0) is 8.27. The van der Waals surface area contributed by atoms with Crippen LogP contribution in [0.2, 0.25) is 5.15 Å². The van der Waals surface area contributed by atoms with E-state index in [1.165, 1.54) is 0 Å². The molecule has 1 aromatic rings. The van der Waals surface area contributed by atoms with Crippen molar-refractivity contribution in [3.63, 3.8) is 0 Å². The molecule has 0 atom stereocenters. The second-order valence-corrected chi connectivity index (χ2v) is 2.32. The van der Waals surface area contributed by atoms with E-state index in [2.05, 4.69) is 15.0 Å². The van der Waals surface area contributed by atoms with Gasteiger partial charge in [0.05, 0.1) is 5.69 Å². The van der Waals surface area contributed by atoms with E-state index in [9.17, 15) is 0 Å². The molecule has 0 unspecified atom stereocenters. The Bertz CT molecular complexity index is 316. The van der Waals surface area contributed by atoms with Crippen LogP contribution in [0.1, 0.15) is 5.69 Å². The van der Waals surface area contributed by atoms with Gasteiger partial charge in [-0.15, -0.1) is 0 Å². The van der Waals surface area contributed by atoms with Crippen LogP contribution in [-0.2, 0) is 0 Å². The van der Waals surface area contributed by atoms with Gasteiger partial charge in [-0.1, -0.05) is 16.7 Å². The summed E-state index contributed by atoms with van der Waals surface area (Å²) in [6, 6.07) is 3.21. The van der Waals surface area contributed by atoms with Crippen LogP contribution in [0.5, 0.6) is 0 Å². The van der Waals surface area contributed by atoms with E-state index < -0.39 is 0 Å². The number of nitrogens with zero attached hydrogens (tertiary/aromatic N) is 4. The Hall–Kier alpha value is -1.25. The summed E-state index contributed by atoms with van der Waals surface area (Å²) < 4.78 is 0. The lowest BCUT2D eigenvalue weighted by molar-refractivity contribution is 1.18. The zero-order valence-corrected chi connectivity index (χ0v) is 6.58. The standard InChI is InChI=1S/C6H5ClN4/c1-4-5(10-11-8)2-3-6(7)9-4/h2-3H,1H3. The summed E-state index contributed by atoms with van der Waals surface area (Å²) >= 11 is 5.57. The van der Waals surface area contributed by atoms with E-state index in [-0.39, 0.29) is 0 Å². The SMILES string of the molecule is Cc1nc(Cl)ccc1N=[N+]=[N-]. The first-order valence-corrected chi connectivity index (χ1v) is 3.30. The third-order valence-electron chi connectivity index (χ3n) is 1.18. The highest BCUT2D eigenvalue weighted by molar-refractivity contribution is 6.29. The maximum atomic E-state index is 8.11. The minimum absolute atomic E-state index is 0.402. The monoisotopic (exact) mass is 168 g/mol. The van der Waals surface area contributed by atoms with E-state index in [4.69, 9.17) is 17.1 Å². The van der Waals surface area contributed by atoms with Gasteiger partial charge in [0, 0.05) is 10.6 Å². The van der Waals surface area contributed by atoms with Gasteiger partial charge >= 0.3 is 0 Å². The van der Waals surface area contributed by atoms with Gasteiger partial charge in [0.2, 0.25) is 0 Å². The average molecular weight is 169 g/mol. The van der Waals surface area contributed by atoms with Gasteiger partial charge < -0.3 is 0 Å². The molecule has 5 heteroatoms. The molecule has 0 aliphatic heterocycles. The van der Waals surface area contributed by atoms with Crippen molar-refractivity contribution in [3.05, 3.63) is 33.4 Å². The molecule has 0 bridgehead atoms. The Labute approximate surface area is 68.5 Å². The molecule has 0 amide bonds. The van der Waals surface area contributed by atoms with Gasteiger partial charge in [-0.2, -0.15) is 0 Å². The van der Waals surface area contributed by atoms with Gasteiger partial charge in [-0.25, -0.2) is 4.98 Å². The van der Waals surface area contributed by atoms with Crippen molar-refractivity contribution in [3.8, 4) is 0 Å². The number of pyridine rings is 1. The fraction of sp³-hybridized carbons (Fsp3) is 0.167. The first-order valence-electron chi connectivity index (χ1n) is 2.92. The predicted octanol–water partition coefficient (Wildman–Crippen LogP) is 2.99. The molecule has 0 fully saturated rings. The molecule has 1 aromatic heterocycles. The summed E-state index contributed by atoms with van der Waals surface area (Å²) in [6.07, 6.45) is 0. The highest BCUT2D eigenvalue weighted by Gasteiger charge is 1.96. The lowest BCUT2D eigenvalue weighted by Crippen LogP contribution is -1.80. The van der Waals surface area contributed by atoms with Crippen molar-refractivity contribution < 1.29 is 0 Å². The Balaban J connectivity index is 3.19. The zero-order valence-electron chi connectivity index (χ0n) is 5.82. The predicted molar refractivity (Wildman–Crippen MR) is 42.8 cm³/mol. The van der Waals surface area contributed by atoms with Crippen molar-refractivity contribution >= 4 is 17.3 Å². The van der Waals surface area contributed by atoms with Gasteiger partial charge in [0.15, 0.2) is 0 Å². The number of aromatic nitrogens is 1. The summed E-state index contributed by atoms with van der Waals surface area (Å²) in [4.78, 5) is 6.53. The largest absolute Gasteiger partial charge is 0.241 e. The molecule has 0 aliphatic carbocycles. The van der Waals surface area contributed by atoms with Crippen LogP contribution >= 0.6 is 11.6 Å². The summed E-state index contributed by atoms with van der Waals surface area (Å²) in [5, 5.41) is 3.81. The quantitative estimate of drug-likeness (QED) is 0.275. The minimum atomic E-state index is 0.402. The van der Waals surface area contributed by atoms with Crippen molar-refractivity contribution in [1.29, 1.82) is 0 Å². The fourth-order valence-electron chi connectivity index (χ4n) is 0.677. The number of hydrogen-bond acceptors (Lipinski definition) is 2. The number of aryl methyl sites for hydroxylation is 1. The number of hydrogen-bond donors (Lipinski definition) is 0. The highest BCUT2D eigenvalue weighted by Crippen LogP contribution is 2.18. The molecule has 0 saturated heterocycles. The molecule has 0 saturated carbocycles. The van der Waals surface area contributed by atoms with Crippen molar-refractivity contribution in [2.24, 2.45) is 5.11 Å². The maximum absolute atomic E-state index is 8.11. The lowest BCUT2D eigenvalue weighted by atomic mass is 10.3. The van der Waals surface area contributed by atoms with Crippen LogP contribution in [0.3, 0.4) is 0 Å². The third kappa shape index (κ3) is 1.83. The average Bonchev–Trinajstić information content (AvgIpc) is 1.95. The lowest BCUT2D eigenvalue weighted by Gasteiger charge is -1.96. The molecular weight excluding hydrogens is 164 g/mol. The topological polar surface area (TPSA) is 61.7 Å². The summed E-state index contributed by atoms with van der Waals surface area (Å²) in [7, 11) is 0. The van der Waals surface area contributed by atoms with Gasteiger partial charge in [-0.3, -0.25) is 0 Å². The first kappa shape index (κ1) is 7.85. The Morgan fingerprint density at radius 3 is 2.91 bits per heavy atom. The van der Waals surface area contributed by atoms with Gasteiger partial charge in [0.25, 0.3) is 0 Å². The summed E-state index contributed by atoms with van der Waals surface area (Å²) in [6.45, 7) is 1.73. The Kier molecular flexibility index (Phi) is 2.31. The normalized spacial score (nSPS) is 8.91. The van der Waals surface area contributed by atoms with Crippen LogP contribution < -0.4 is 0 Å². The smallest absolute Gasteiger partial charge is 0.129 e. The molecule has 56 valence electrons. The van der Waals surface area contributed by atoms with Crippen LogP contribution in [-0.4, -0.2) is 4.98 Å². The molecule has 0 spiro atoms. The fourth-order valence-corrected chi connectivity index (χ4v) is 0.867. The van der Waals surface area contributed by atoms with E-state index in [0.717, 1.165) is 0 Å². The first-order chi connectivity index (χ1) is 5.24. The molecule has 0 aromatic carbocycles. The second kappa shape index (κ2) is 3.23. The van der Waals surface area contributed by atoms with Crippen LogP contribution in [0.15, 0.2) is 17.2 Å². The molecular formula is C6H5ClN4. The van der Waals surface area contributed by atoms with Crippen LogP contribution in [0, 0.1) is 6.92 Å².